The van der Waals surface area contributed by atoms with Gasteiger partial charge >= 0.3 is 12.1 Å². The van der Waals surface area contributed by atoms with Crippen molar-refractivity contribution in [2.75, 3.05) is 6.54 Å². The quantitative estimate of drug-likeness (QED) is 0.768. The van der Waals surface area contributed by atoms with E-state index >= 15 is 0 Å². The van der Waals surface area contributed by atoms with E-state index in [4.69, 9.17) is 0 Å². The van der Waals surface area contributed by atoms with Gasteiger partial charge < -0.3 is 5.11 Å². The van der Waals surface area contributed by atoms with Crippen LogP contribution in [-0.4, -0.2) is 28.6 Å². The van der Waals surface area contributed by atoms with Crippen LogP contribution in [0.1, 0.15) is 42.0 Å². The largest absolute Gasteiger partial charge is 0.480 e. The lowest BCUT2D eigenvalue weighted by atomic mass is 9.89. The molecule has 1 fully saturated rings. The molecule has 1 heterocycles. The summed E-state index contributed by atoms with van der Waals surface area (Å²) in [4.78, 5) is 13.2. The average Bonchev–Trinajstić information content (AvgIpc) is 2.63. The topological polar surface area (TPSA) is 40.5 Å². The Labute approximate surface area is 154 Å². The maximum absolute atomic E-state index is 14.6. The maximum atomic E-state index is 14.6. The standard InChI is InChI=1S/C20H19F4NO2/c21-16-10-4-2-8-14(16)18(25-12-6-5-11-17(25)19(26)27)13-7-1-3-9-15(13)20(22,23)24/h1-4,7-10,17-18H,5-6,11-12H2,(H,26,27). The predicted octanol–water partition coefficient (Wildman–Crippen LogP) is 4.87. The molecule has 7 heteroatoms. The van der Waals surface area contributed by atoms with E-state index in [2.05, 4.69) is 0 Å². The molecule has 1 aliphatic heterocycles. The molecular formula is C20H19F4NO2. The molecule has 2 aromatic carbocycles. The fraction of sp³-hybridized carbons (Fsp3) is 0.350. The third kappa shape index (κ3) is 3.98. The van der Waals surface area contributed by atoms with Crippen molar-refractivity contribution in [3.63, 3.8) is 0 Å². The molecule has 0 bridgehead atoms. The zero-order chi connectivity index (χ0) is 19.6. The number of nitrogens with zero attached hydrogens (tertiary/aromatic N) is 1. The fourth-order valence-electron chi connectivity index (χ4n) is 3.74. The highest BCUT2D eigenvalue weighted by Gasteiger charge is 2.41. The highest BCUT2D eigenvalue weighted by molar-refractivity contribution is 5.73. The van der Waals surface area contributed by atoms with Gasteiger partial charge in [0.25, 0.3) is 0 Å². The summed E-state index contributed by atoms with van der Waals surface area (Å²) in [5.74, 6) is -1.77. The van der Waals surface area contributed by atoms with Crippen LogP contribution in [0.4, 0.5) is 17.6 Å². The van der Waals surface area contributed by atoms with Crippen molar-refractivity contribution < 1.29 is 27.5 Å². The lowest BCUT2D eigenvalue weighted by Gasteiger charge is -2.40. The van der Waals surface area contributed by atoms with Crippen molar-refractivity contribution in [2.45, 2.75) is 37.5 Å². The molecule has 144 valence electrons. The molecule has 0 radical (unpaired) electrons. The summed E-state index contributed by atoms with van der Waals surface area (Å²) in [6, 6.07) is 8.47. The van der Waals surface area contributed by atoms with Crippen molar-refractivity contribution >= 4 is 5.97 Å². The number of benzene rings is 2. The summed E-state index contributed by atoms with van der Waals surface area (Å²) in [7, 11) is 0. The third-order valence-electron chi connectivity index (χ3n) is 4.92. The van der Waals surface area contributed by atoms with E-state index in [1.165, 1.54) is 41.3 Å². The highest BCUT2D eigenvalue weighted by Crippen LogP contribution is 2.41. The molecule has 1 saturated heterocycles. The summed E-state index contributed by atoms with van der Waals surface area (Å²) in [5, 5.41) is 9.59. The second-order valence-electron chi connectivity index (χ2n) is 6.60. The van der Waals surface area contributed by atoms with Crippen LogP contribution in [0.2, 0.25) is 0 Å². The van der Waals surface area contributed by atoms with Gasteiger partial charge in [0.05, 0.1) is 11.6 Å². The van der Waals surface area contributed by atoms with Crippen LogP contribution in [0, 0.1) is 5.82 Å². The molecular weight excluding hydrogens is 362 g/mol. The zero-order valence-corrected chi connectivity index (χ0v) is 14.4. The Kier molecular flexibility index (Phi) is 5.51. The number of likely N-dealkylation sites (tertiary alicyclic amines) is 1. The number of carboxylic acid groups (broad SMARTS) is 1. The third-order valence-corrected chi connectivity index (χ3v) is 4.92. The smallest absolute Gasteiger partial charge is 0.416 e. The lowest BCUT2D eigenvalue weighted by molar-refractivity contribution is -0.145. The number of piperidine rings is 1. The fourth-order valence-corrected chi connectivity index (χ4v) is 3.74. The molecule has 0 spiro atoms. The number of aliphatic carboxylic acids is 1. The van der Waals surface area contributed by atoms with Crippen molar-refractivity contribution in [3.8, 4) is 0 Å². The Morgan fingerprint density at radius 2 is 1.67 bits per heavy atom. The monoisotopic (exact) mass is 381 g/mol. The van der Waals surface area contributed by atoms with Crippen LogP contribution < -0.4 is 0 Å². The summed E-state index contributed by atoms with van der Waals surface area (Å²) >= 11 is 0. The number of hydrogen-bond donors (Lipinski definition) is 1. The van der Waals surface area contributed by atoms with E-state index in [0.717, 1.165) is 6.07 Å². The summed E-state index contributed by atoms with van der Waals surface area (Å²) < 4.78 is 55.4. The molecule has 2 unspecified atom stereocenters. The first-order valence-electron chi connectivity index (χ1n) is 8.70. The van der Waals surface area contributed by atoms with Gasteiger partial charge in [-0.25, -0.2) is 4.39 Å². The molecule has 1 N–H and O–H groups in total. The van der Waals surface area contributed by atoms with Gasteiger partial charge in [0, 0.05) is 5.56 Å². The molecule has 1 aliphatic rings. The molecule has 27 heavy (non-hydrogen) atoms. The number of carbonyl (C=O) groups is 1. The number of rotatable bonds is 4. The molecule has 0 saturated carbocycles. The minimum absolute atomic E-state index is 0.0438. The molecule has 2 aromatic rings. The molecule has 3 nitrogen and oxygen atoms in total. The van der Waals surface area contributed by atoms with E-state index in [0.29, 0.717) is 19.3 Å². The molecule has 0 aliphatic carbocycles. The van der Waals surface area contributed by atoms with E-state index in [-0.39, 0.29) is 17.7 Å². The first-order chi connectivity index (χ1) is 12.8. The van der Waals surface area contributed by atoms with Gasteiger partial charge in [-0.15, -0.1) is 0 Å². The van der Waals surface area contributed by atoms with Crippen molar-refractivity contribution in [1.29, 1.82) is 0 Å². The minimum Gasteiger partial charge on any atom is -0.480 e. The second kappa shape index (κ2) is 7.68. The Bertz CT molecular complexity index is 822. The summed E-state index contributed by atoms with van der Waals surface area (Å²) in [6.45, 7) is 0.280. The number of carboxylic acids is 1. The molecule has 0 amide bonds. The Morgan fingerprint density at radius 3 is 2.30 bits per heavy atom. The van der Waals surface area contributed by atoms with Gasteiger partial charge in [-0.1, -0.05) is 42.8 Å². The second-order valence-corrected chi connectivity index (χ2v) is 6.60. The van der Waals surface area contributed by atoms with E-state index < -0.39 is 35.6 Å². The maximum Gasteiger partial charge on any atom is 0.416 e. The van der Waals surface area contributed by atoms with Crippen LogP contribution in [0.5, 0.6) is 0 Å². The van der Waals surface area contributed by atoms with Crippen LogP contribution in [0.15, 0.2) is 48.5 Å². The highest BCUT2D eigenvalue weighted by atomic mass is 19.4. The van der Waals surface area contributed by atoms with Crippen molar-refractivity contribution in [1.82, 2.24) is 4.90 Å². The van der Waals surface area contributed by atoms with Crippen LogP contribution >= 0.6 is 0 Å². The van der Waals surface area contributed by atoms with Gasteiger partial charge in [-0.2, -0.15) is 13.2 Å². The van der Waals surface area contributed by atoms with Crippen LogP contribution in [0.3, 0.4) is 0 Å². The van der Waals surface area contributed by atoms with Gasteiger partial charge in [0.15, 0.2) is 0 Å². The first-order valence-corrected chi connectivity index (χ1v) is 8.70. The van der Waals surface area contributed by atoms with E-state index in [9.17, 15) is 27.5 Å². The van der Waals surface area contributed by atoms with Crippen molar-refractivity contribution in [2.24, 2.45) is 0 Å². The Morgan fingerprint density at radius 1 is 1.04 bits per heavy atom. The number of hydrogen-bond acceptors (Lipinski definition) is 2. The zero-order valence-electron chi connectivity index (χ0n) is 14.4. The van der Waals surface area contributed by atoms with Crippen molar-refractivity contribution in [3.05, 3.63) is 71.0 Å². The van der Waals surface area contributed by atoms with E-state index in [1.807, 2.05) is 0 Å². The number of halogens is 4. The van der Waals surface area contributed by atoms with Crippen LogP contribution in [-0.2, 0) is 11.0 Å². The normalized spacial score (nSPS) is 19.6. The summed E-state index contributed by atoms with van der Waals surface area (Å²) in [6.07, 6.45) is -3.01. The Hall–Kier alpha value is -2.41. The first kappa shape index (κ1) is 19.4. The summed E-state index contributed by atoms with van der Waals surface area (Å²) in [5.41, 5.74) is -0.974. The lowest BCUT2D eigenvalue weighted by Crippen LogP contribution is -2.47. The molecule has 3 rings (SSSR count). The minimum atomic E-state index is -4.63. The van der Waals surface area contributed by atoms with Gasteiger partial charge in [-0.3, -0.25) is 9.69 Å². The average molecular weight is 381 g/mol. The van der Waals surface area contributed by atoms with Gasteiger partial charge in [0.1, 0.15) is 11.9 Å². The number of alkyl halides is 3. The van der Waals surface area contributed by atoms with Crippen LogP contribution in [0.25, 0.3) is 0 Å². The molecule has 2 atom stereocenters. The van der Waals surface area contributed by atoms with E-state index in [1.54, 1.807) is 6.07 Å². The SMILES string of the molecule is O=C(O)C1CCCCN1C(c1ccccc1F)c1ccccc1C(F)(F)F. The van der Waals surface area contributed by atoms with Gasteiger partial charge in [0.2, 0.25) is 0 Å². The van der Waals surface area contributed by atoms with Gasteiger partial charge in [-0.05, 0) is 37.1 Å². The Balaban J connectivity index is 2.21. The predicted molar refractivity (Wildman–Crippen MR) is 91.7 cm³/mol. The molecule has 0 aromatic heterocycles.